The molecule has 3 heterocycles. The van der Waals surface area contributed by atoms with Crippen LogP contribution in [0.15, 0.2) is 48.8 Å². The molecule has 1 aliphatic carbocycles. The summed E-state index contributed by atoms with van der Waals surface area (Å²) in [6.07, 6.45) is 16.6. The molecule has 194 valence electrons. The Morgan fingerprint density at radius 2 is 1.95 bits per heavy atom. The van der Waals surface area contributed by atoms with Crippen molar-refractivity contribution in [3.05, 3.63) is 71.3 Å². The first kappa shape index (κ1) is 24.3. The molecular formula is C30H37N5OS. The predicted molar refractivity (Wildman–Crippen MR) is 155 cm³/mol. The molecule has 6 rings (SSSR count). The van der Waals surface area contributed by atoms with E-state index in [9.17, 15) is 4.79 Å². The average Bonchev–Trinajstić information content (AvgIpc) is 3.28. The van der Waals surface area contributed by atoms with Crippen molar-refractivity contribution in [1.82, 2.24) is 19.3 Å². The van der Waals surface area contributed by atoms with E-state index in [-0.39, 0.29) is 6.04 Å². The van der Waals surface area contributed by atoms with E-state index in [0.717, 1.165) is 72.0 Å². The number of imidazole rings is 1. The van der Waals surface area contributed by atoms with Crippen LogP contribution in [0.5, 0.6) is 0 Å². The third-order valence-electron chi connectivity index (χ3n) is 7.75. The van der Waals surface area contributed by atoms with Gasteiger partial charge in [0, 0.05) is 37.0 Å². The number of fused-ring (bicyclic) bond motifs is 2. The Labute approximate surface area is 221 Å². The highest BCUT2D eigenvalue weighted by Gasteiger charge is 2.37. The molecule has 1 saturated carbocycles. The van der Waals surface area contributed by atoms with Gasteiger partial charge in [0.2, 0.25) is 0 Å². The molecule has 1 atom stereocenters. The van der Waals surface area contributed by atoms with Crippen LogP contribution in [0.3, 0.4) is 0 Å². The lowest BCUT2D eigenvalue weighted by Crippen LogP contribution is -2.29. The zero-order valence-electron chi connectivity index (χ0n) is 22.4. The van der Waals surface area contributed by atoms with Crippen molar-refractivity contribution in [2.24, 2.45) is 5.92 Å². The summed E-state index contributed by atoms with van der Waals surface area (Å²) in [5.41, 5.74) is 7.61. The standard InChI is InChI=1S/C30H37N5OS/c1-5-23-14-22(20-36)15-26-29(23)35(25-17-31-33(19-25)12-13-37(2,3)4)30(32-26)28-16-24-8-6-7-9-27(24)34(28)18-21-10-11-21/h6-9,14-15,17,19-21,28H,5,10-13,16,18H2,1-4H3. The molecule has 1 fully saturated rings. The minimum atomic E-state index is -0.604. The maximum absolute atomic E-state index is 11.8. The van der Waals surface area contributed by atoms with Gasteiger partial charge in [-0.1, -0.05) is 25.1 Å². The van der Waals surface area contributed by atoms with Crippen molar-refractivity contribution in [2.45, 2.75) is 45.2 Å². The van der Waals surface area contributed by atoms with Crippen LogP contribution in [0, 0.1) is 5.92 Å². The highest BCUT2D eigenvalue weighted by atomic mass is 32.3. The van der Waals surface area contributed by atoms with Gasteiger partial charge >= 0.3 is 0 Å². The normalized spacial score (nSPS) is 17.9. The maximum atomic E-state index is 11.8. The molecule has 2 aliphatic rings. The lowest BCUT2D eigenvalue weighted by atomic mass is 10.1. The monoisotopic (exact) mass is 515 g/mol. The van der Waals surface area contributed by atoms with E-state index in [1.807, 2.05) is 18.3 Å². The first-order valence-electron chi connectivity index (χ1n) is 13.4. The molecule has 1 aliphatic heterocycles. The van der Waals surface area contributed by atoms with Gasteiger partial charge in [0.25, 0.3) is 0 Å². The van der Waals surface area contributed by atoms with Crippen molar-refractivity contribution < 1.29 is 4.79 Å². The zero-order chi connectivity index (χ0) is 25.7. The Morgan fingerprint density at radius 1 is 1.14 bits per heavy atom. The molecular weight excluding hydrogens is 478 g/mol. The fraction of sp³-hybridized carbons (Fsp3) is 0.433. The van der Waals surface area contributed by atoms with E-state index in [1.54, 1.807) is 0 Å². The number of hydrogen-bond acceptors (Lipinski definition) is 4. The summed E-state index contributed by atoms with van der Waals surface area (Å²) >= 11 is 0. The van der Waals surface area contributed by atoms with Crippen molar-refractivity contribution >= 4 is 33.0 Å². The number of carbonyl (C=O) groups is 1. The van der Waals surface area contributed by atoms with Crippen LogP contribution in [0.25, 0.3) is 16.7 Å². The van der Waals surface area contributed by atoms with Gasteiger partial charge in [-0.3, -0.25) is 14.0 Å². The van der Waals surface area contributed by atoms with E-state index in [1.165, 1.54) is 24.1 Å². The second-order valence-corrected chi connectivity index (χ2v) is 16.1. The van der Waals surface area contributed by atoms with Crippen molar-refractivity contribution in [2.75, 3.05) is 36.0 Å². The SMILES string of the molecule is CCc1cc(C=O)cc2nc(C3Cc4ccccc4N3CC3CC3)n(-c3cnn(CCS(C)(C)C)c3)c12. The number of carbonyl (C=O) groups excluding carboxylic acids is 1. The molecule has 0 radical (unpaired) electrons. The highest BCUT2D eigenvalue weighted by molar-refractivity contribution is 8.32. The Hall–Kier alpha value is -3.06. The van der Waals surface area contributed by atoms with Gasteiger partial charge in [0.05, 0.1) is 29.0 Å². The summed E-state index contributed by atoms with van der Waals surface area (Å²) in [6.45, 7) is 4.14. The van der Waals surface area contributed by atoms with E-state index in [2.05, 4.69) is 70.3 Å². The molecule has 7 heteroatoms. The Balaban J connectivity index is 1.51. The van der Waals surface area contributed by atoms with Gasteiger partial charge in [0.15, 0.2) is 0 Å². The molecule has 2 aromatic carbocycles. The summed E-state index contributed by atoms with van der Waals surface area (Å²) in [4.78, 5) is 19.6. The molecule has 2 aromatic heterocycles. The van der Waals surface area contributed by atoms with Crippen LogP contribution >= 0.6 is 10.0 Å². The smallest absolute Gasteiger partial charge is 0.150 e. The van der Waals surface area contributed by atoms with E-state index >= 15 is 0 Å². The van der Waals surface area contributed by atoms with E-state index in [4.69, 9.17) is 10.1 Å². The van der Waals surface area contributed by atoms with Crippen LogP contribution in [0.4, 0.5) is 5.69 Å². The quantitative estimate of drug-likeness (QED) is 0.264. The lowest BCUT2D eigenvalue weighted by molar-refractivity contribution is 0.112. The third kappa shape index (κ3) is 4.70. The second-order valence-electron chi connectivity index (χ2n) is 11.5. The number of para-hydroxylation sites is 1. The number of hydrogen-bond donors (Lipinski definition) is 0. The summed E-state index contributed by atoms with van der Waals surface area (Å²) in [5.74, 6) is 2.95. The minimum absolute atomic E-state index is 0.150. The molecule has 0 amide bonds. The molecule has 37 heavy (non-hydrogen) atoms. The van der Waals surface area contributed by atoms with E-state index < -0.39 is 10.0 Å². The maximum Gasteiger partial charge on any atom is 0.150 e. The van der Waals surface area contributed by atoms with E-state index in [0.29, 0.717) is 5.56 Å². The number of benzene rings is 2. The summed E-state index contributed by atoms with van der Waals surface area (Å²) in [5, 5.41) is 4.77. The van der Waals surface area contributed by atoms with Crippen LogP contribution < -0.4 is 4.90 Å². The third-order valence-corrected chi connectivity index (χ3v) is 9.15. The number of anilines is 1. The van der Waals surface area contributed by atoms with Crippen molar-refractivity contribution in [3.8, 4) is 5.69 Å². The fourth-order valence-corrected chi connectivity index (χ4v) is 6.33. The summed E-state index contributed by atoms with van der Waals surface area (Å²) < 4.78 is 4.42. The first-order chi connectivity index (χ1) is 17.8. The number of rotatable bonds is 9. The predicted octanol–water partition coefficient (Wildman–Crippen LogP) is 5.80. The molecule has 4 aromatic rings. The van der Waals surface area contributed by atoms with Crippen LogP contribution in [0.1, 0.15) is 53.1 Å². The highest BCUT2D eigenvalue weighted by Crippen LogP contribution is 2.44. The molecule has 6 nitrogen and oxygen atoms in total. The Kier molecular flexibility index (Phi) is 6.14. The Bertz CT molecular complexity index is 1460. The largest absolute Gasteiger partial charge is 0.360 e. The minimum Gasteiger partial charge on any atom is -0.360 e. The van der Waals surface area contributed by atoms with Crippen LogP contribution in [-0.4, -0.2) is 56.7 Å². The van der Waals surface area contributed by atoms with Crippen molar-refractivity contribution in [3.63, 3.8) is 0 Å². The number of nitrogens with zero attached hydrogens (tertiary/aromatic N) is 5. The molecule has 0 bridgehead atoms. The molecule has 0 spiro atoms. The van der Waals surface area contributed by atoms with Gasteiger partial charge in [-0.15, -0.1) is 0 Å². The second kappa shape index (κ2) is 9.35. The van der Waals surface area contributed by atoms with Gasteiger partial charge < -0.3 is 4.90 Å². The number of aldehydes is 1. The lowest BCUT2D eigenvalue weighted by Gasteiger charge is -2.28. The molecule has 0 saturated heterocycles. The van der Waals surface area contributed by atoms with Crippen LogP contribution in [-0.2, 0) is 19.4 Å². The average molecular weight is 516 g/mol. The first-order valence-corrected chi connectivity index (χ1v) is 16.4. The zero-order valence-corrected chi connectivity index (χ0v) is 23.2. The van der Waals surface area contributed by atoms with Gasteiger partial charge in [-0.05, 0) is 79.0 Å². The van der Waals surface area contributed by atoms with Gasteiger partial charge in [-0.25, -0.2) is 15.0 Å². The number of aromatic nitrogens is 4. The summed E-state index contributed by atoms with van der Waals surface area (Å²) in [6, 6.07) is 12.9. The number of aryl methyl sites for hydroxylation is 2. The van der Waals surface area contributed by atoms with Gasteiger partial charge in [-0.2, -0.15) is 5.10 Å². The Morgan fingerprint density at radius 3 is 2.68 bits per heavy atom. The van der Waals surface area contributed by atoms with Crippen molar-refractivity contribution in [1.29, 1.82) is 0 Å². The summed E-state index contributed by atoms with van der Waals surface area (Å²) in [7, 11) is -0.604. The molecule has 0 N–H and O–H groups in total. The van der Waals surface area contributed by atoms with Gasteiger partial charge in [0.1, 0.15) is 12.1 Å². The molecule has 1 unspecified atom stereocenters. The van der Waals surface area contributed by atoms with Crippen LogP contribution in [0.2, 0.25) is 0 Å². The fourth-order valence-electron chi connectivity index (χ4n) is 5.60. The topological polar surface area (TPSA) is 56.0 Å².